The summed E-state index contributed by atoms with van der Waals surface area (Å²) in [6, 6.07) is 3.39. The van der Waals surface area contributed by atoms with Gasteiger partial charge in [-0.3, -0.25) is 0 Å². The Labute approximate surface area is 122 Å². The molecule has 3 aliphatic carbocycles. The maximum atomic E-state index is 5.69. The molecule has 1 aromatic heterocycles. The van der Waals surface area contributed by atoms with Gasteiger partial charge in [-0.15, -0.1) is 0 Å². The lowest BCUT2D eigenvalue weighted by molar-refractivity contribution is 0.200. The second kappa shape index (κ2) is 4.62. The molecule has 3 fully saturated rings. The summed E-state index contributed by atoms with van der Waals surface area (Å²) in [5.74, 6) is 6.25. The van der Waals surface area contributed by atoms with Gasteiger partial charge in [0.05, 0.1) is 0 Å². The number of aryl methyl sites for hydroxylation is 2. The summed E-state index contributed by atoms with van der Waals surface area (Å²) in [6.07, 6.45) is 7.44. The SMILES string of the molecule is Cc1cc(C(C)NC2CC3CC2C2CCCC32)c(C)o1. The molecule has 1 N–H and O–H groups in total. The van der Waals surface area contributed by atoms with Gasteiger partial charge in [0.15, 0.2) is 0 Å². The number of hydrogen-bond donors (Lipinski definition) is 1. The number of furan rings is 1. The van der Waals surface area contributed by atoms with E-state index in [-0.39, 0.29) is 0 Å². The molecule has 2 nitrogen and oxygen atoms in total. The van der Waals surface area contributed by atoms with Crippen molar-refractivity contribution in [1.82, 2.24) is 5.32 Å². The average molecular weight is 273 g/mol. The molecule has 1 aromatic rings. The molecule has 0 spiro atoms. The third-order valence-electron chi connectivity index (χ3n) is 6.44. The van der Waals surface area contributed by atoms with E-state index in [0.717, 1.165) is 41.2 Å². The fourth-order valence-corrected chi connectivity index (χ4v) is 5.75. The maximum Gasteiger partial charge on any atom is 0.105 e. The van der Waals surface area contributed by atoms with Crippen molar-refractivity contribution in [3.05, 3.63) is 23.2 Å². The molecule has 110 valence electrons. The maximum absolute atomic E-state index is 5.69. The molecule has 0 aromatic carbocycles. The van der Waals surface area contributed by atoms with E-state index in [1.807, 2.05) is 6.92 Å². The highest BCUT2D eigenvalue weighted by Crippen LogP contribution is 2.58. The van der Waals surface area contributed by atoms with Crippen molar-refractivity contribution in [3.63, 3.8) is 0 Å². The summed E-state index contributed by atoms with van der Waals surface area (Å²) < 4.78 is 5.69. The van der Waals surface area contributed by atoms with Crippen LogP contribution in [0.3, 0.4) is 0 Å². The number of fused-ring (bicyclic) bond motifs is 5. The third-order valence-corrected chi connectivity index (χ3v) is 6.44. The Morgan fingerprint density at radius 3 is 2.70 bits per heavy atom. The van der Waals surface area contributed by atoms with Crippen LogP contribution in [-0.2, 0) is 0 Å². The Bertz CT molecular complexity index is 506. The van der Waals surface area contributed by atoms with Crippen LogP contribution in [0.2, 0.25) is 0 Å². The molecule has 2 bridgehead atoms. The van der Waals surface area contributed by atoms with E-state index in [0.29, 0.717) is 6.04 Å². The van der Waals surface area contributed by atoms with E-state index in [9.17, 15) is 0 Å². The highest BCUT2D eigenvalue weighted by Gasteiger charge is 2.53. The molecule has 3 saturated carbocycles. The van der Waals surface area contributed by atoms with Gasteiger partial charge in [0, 0.05) is 17.6 Å². The molecule has 6 atom stereocenters. The molecule has 6 unspecified atom stereocenters. The summed E-state index contributed by atoms with van der Waals surface area (Å²) >= 11 is 0. The monoisotopic (exact) mass is 273 g/mol. The Hall–Kier alpha value is -0.760. The van der Waals surface area contributed by atoms with Crippen molar-refractivity contribution in [3.8, 4) is 0 Å². The molecular formula is C18H27NO. The minimum Gasteiger partial charge on any atom is -0.466 e. The van der Waals surface area contributed by atoms with Crippen LogP contribution in [0.4, 0.5) is 0 Å². The molecule has 0 aliphatic heterocycles. The van der Waals surface area contributed by atoms with Crippen molar-refractivity contribution < 1.29 is 4.42 Å². The van der Waals surface area contributed by atoms with Crippen LogP contribution in [-0.4, -0.2) is 6.04 Å². The van der Waals surface area contributed by atoms with Gasteiger partial charge in [-0.25, -0.2) is 0 Å². The number of nitrogens with one attached hydrogen (secondary N) is 1. The lowest BCUT2D eigenvalue weighted by atomic mass is 9.79. The van der Waals surface area contributed by atoms with Crippen LogP contribution in [0.1, 0.15) is 62.2 Å². The molecule has 0 amide bonds. The molecule has 1 heterocycles. The Kier molecular flexibility index (Phi) is 2.99. The van der Waals surface area contributed by atoms with Gasteiger partial charge in [-0.2, -0.15) is 0 Å². The van der Waals surface area contributed by atoms with Gasteiger partial charge in [0.25, 0.3) is 0 Å². The third kappa shape index (κ3) is 1.88. The highest BCUT2D eigenvalue weighted by atomic mass is 16.3. The summed E-state index contributed by atoms with van der Waals surface area (Å²) in [7, 11) is 0. The molecule has 3 aliphatic rings. The first-order valence-corrected chi connectivity index (χ1v) is 8.46. The van der Waals surface area contributed by atoms with E-state index in [2.05, 4.69) is 25.2 Å². The topological polar surface area (TPSA) is 25.2 Å². The van der Waals surface area contributed by atoms with Crippen molar-refractivity contribution in [2.75, 3.05) is 0 Å². The van der Waals surface area contributed by atoms with Crippen LogP contribution in [0.15, 0.2) is 10.5 Å². The largest absolute Gasteiger partial charge is 0.466 e. The van der Waals surface area contributed by atoms with Crippen molar-refractivity contribution in [2.24, 2.45) is 23.7 Å². The second-order valence-electron chi connectivity index (χ2n) is 7.52. The fourth-order valence-electron chi connectivity index (χ4n) is 5.75. The van der Waals surface area contributed by atoms with E-state index in [4.69, 9.17) is 4.42 Å². The predicted octanol–water partition coefficient (Wildman–Crippen LogP) is 4.37. The standard InChI is InChI=1S/C18H27NO/c1-10-7-16(12(3)20-10)11(2)19-18-9-13-8-17(18)15-6-4-5-14(13)15/h7,11,13-15,17-19H,4-6,8-9H2,1-3H3. The number of rotatable bonds is 3. The van der Waals surface area contributed by atoms with E-state index in [1.54, 1.807) is 0 Å². The van der Waals surface area contributed by atoms with Crippen LogP contribution >= 0.6 is 0 Å². The first-order chi connectivity index (χ1) is 9.63. The first kappa shape index (κ1) is 12.9. The van der Waals surface area contributed by atoms with E-state index < -0.39 is 0 Å². The van der Waals surface area contributed by atoms with Crippen molar-refractivity contribution in [2.45, 2.75) is 65.0 Å². The normalized spacial score (nSPS) is 40.2. The highest BCUT2D eigenvalue weighted by molar-refractivity contribution is 5.24. The Morgan fingerprint density at radius 2 is 1.95 bits per heavy atom. The van der Waals surface area contributed by atoms with Crippen molar-refractivity contribution >= 4 is 0 Å². The quantitative estimate of drug-likeness (QED) is 0.884. The zero-order chi connectivity index (χ0) is 13.9. The summed E-state index contributed by atoms with van der Waals surface area (Å²) in [5, 5.41) is 3.93. The molecule has 20 heavy (non-hydrogen) atoms. The van der Waals surface area contributed by atoms with E-state index >= 15 is 0 Å². The van der Waals surface area contributed by atoms with Crippen LogP contribution in [0.5, 0.6) is 0 Å². The minimum atomic E-state index is 0.427. The summed E-state index contributed by atoms with van der Waals surface area (Å²) in [6.45, 7) is 6.44. The van der Waals surface area contributed by atoms with Crippen LogP contribution < -0.4 is 5.32 Å². The van der Waals surface area contributed by atoms with E-state index in [1.165, 1.54) is 37.7 Å². The van der Waals surface area contributed by atoms with Crippen molar-refractivity contribution in [1.29, 1.82) is 0 Å². The molecule has 4 rings (SSSR count). The van der Waals surface area contributed by atoms with Gasteiger partial charge in [-0.05, 0) is 76.2 Å². The molecule has 2 heteroatoms. The molecular weight excluding hydrogens is 246 g/mol. The zero-order valence-corrected chi connectivity index (χ0v) is 13.0. The fraction of sp³-hybridized carbons (Fsp3) is 0.778. The van der Waals surface area contributed by atoms with Crippen LogP contribution in [0.25, 0.3) is 0 Å². The van der Waals surface area contributed by atoms with Gasteiger partial charge < -0.3 is 9.73 Å². The first-order valence-electron chi connectivity index (χ1n) is 8.46. The smallest absolute Gasteiger partial charge is 0.105 e. The summed E-state index contributed by atoms with van der Waals surface area (Å²) in [5.41, 5.74) is 1.35. The lowest BCUT2D eigenvalue weighted by Gasteiger charge is -2.34. The van der Waals surface area contributed by atoms with Gasteiger partial charge in [0.2, 0.25) is 0 Å². The molecule has 0 radical (unpaired) electrons. The summed E-state index contributed by atoms with van der Waals surface area (Å²) in [4.78, 5) is 0. The van der Waals surface area contributed by atoms with Gasteiger partial charge in [-0.1, -0.05) is 6.42 Å². The molecule has 0 saturated heterocycles. The Balaban J connectivity index is 1.46. The lowest BCUT2D eigenvalue weighted by Crippen LogP contribution is -2.40. The zero-order valence-electron chi connectivity index (χ0n) is 13.0. The van der Waals surface area contributed by atoms with Gasteiger partial charge in [0.1, 0.15) is 11.5 Å². The van der Waals surface area contributed by atoms with Gasteiger partial charge >= 0.3 is 0 Å². The van der Waals surface area contributed by atoms with Crippen LogP contribution in [0, 0.1) is 37.5 Å². The average Bonchev–Trinajstić information content (AvgIpc) is 3.09. The second-order valence-corrected chi connectivity index (χ2v) is 7.52. The number of hydrogen-bond acceptors (Lipinski definition) is 2. The minimum absolute atomic E-state index is 0.427. The Morgan fingerprint density at radius 1 is 1.15 bits per heavy atom. The predicted molar refractivity (Wildman–Crippen MR) is 80.6 cm³/mol.